The number of hydrogen-bond donors (Lipinski definition) is 1. The lowest BCUT2D eigenvalue weighted by Crippen LogP contribution is -2.31. The Labute approximate surface area is 140 Å². The second kappa shape index (κ2) is 7.66. The van der Waals surface area contributed by atoms with Crippen LogP contribution in [-0.4, -0.2) is 31.1 Å². The number of carbonyl (C=O) groups is 1. The van der Waals surface area contributed by atoms with E-state index >= 15 is 0 Å². The van der Waals surface area contributed by atoms with Crippen LogP contribution in [0.4, 0.5) is 8.78 Å². The molecule has 0 saturated heterocycles. The lowest BCUT2D eigenvalue weighted by atomic mass is 10.2. The first-order chi connectivity index (χ1) is 9.27. The standard InChI is InChI=1S/C11H10F2I2O5/c1-18-5-19-9-6(2-7(14)3-8(9)15)4-20-11(12,13)10(16)17/h2-3H,4-5H2,1H3,(H,16,17). The van der Waals surface area contributed by atoms with E-state index in [-0.39, 0.29) is 6.79 Å². The molecule has 0 bridgehead atoms. The molecule has 0 radical (unpaired) electrons. The van der Waals surface area contributed by atoms with Crippen molar-refractivity contribution in [2.45, 2.75) is 12.7 Å². The van der Waals surface area contributed by atoms with Crippen molar-refractivity contribution in [2.75, 3.05) is 13.9 Å². The molecule has 112 valence electrons. The van der Waals surface area contributed by atoms with E-state index in [1.54, 1.807) is 12.1 Å². The Morgan fingerprint density at radius 1 is 1.40 bits per heavy atom. The van der Waals surface area contributed by atoms with Crippen molar-refractivity contribution in [3.8, 4) is 5.75 Å². The second-order valence-corrected chi connectivity index (χ2v) is 5.95. The summed E-state index contributed by atoms with van der Waals surface area (Å²) in [6.45, 7) is -0.649. The fraction of sp³-hybridized carbons (Fsp3) is 0.364. The normalized spacial score (nSPS) is 11.4. The van der Waals surface area contributed by atoms with Gasteiger partial charge >= 0.3 is 12.1 Å². The summed E-state index contributed by atoms with van der Waals surface area (Å²) in [7, 11) is 1.42. The van der Waals surface area contributed by atoms with Gasteiger partial charge in [-0.15, -0.1) is 0 Å². The van der Waals surface area contributed by atoms with Gasteiger partial charge in [-0.05, 0) is 57.3 Å². The molecule has 0 spiro atoms. The molecule has 0 unspecified atom stereocenters. The maximum absolute atomic E-state index is 12.9. The minimum atomic E-state index is -4.24. The lowest BCUT2D eigenvalue weighted by Gasteiger charge is -2.16. The van der Waals surface area contributed by atoms with Crippen LogP contribution in [0.25, 0.3) is 0 Å². The van der Waals surface area contributed by atoms with Gasteiger partial charge in [0.25, 0.3) is 0 Å². The van der Waals surface area contributed by atoms with Gasteiger partial charge in [0.2, 0.25) is 0 Å². The number of hydrogen-bond acceptors (Lipinski definition) is 4. The van der Waals surface area contributed by atoms with E-state index in [4.69, 9.17) is 14.6 Å². The number of methoxy groups -OCH3 is 1. The van der Waals surface area contributed by atoms with Crippen molar-refractivity contribution in [3.05, 3.63) is 24.8 Å². The molecule has 0 atom stereocenters. The number of alkyl halides is 2. The highest BCUT2D eigenvalue weighted by Crippen LogP contribution is 2.30. The maximum atomic E-state index is 12.9. The van der Waals surface area contributed by atoms with Gasteiger partial charge in [0, 0.05) is 16.2 Å². The van der Waals surface area contributed by atoms with Crippen molar-refractivity contribution in [1.82, 2.24) is 0 Å². The number of rotatable bonds is 7. The Kier molecular flexibility index (Phi) is 6.81. The molecule has 1 N–H and O–H groups in total. The van der Waals surface area contributed by atoms with Crippen LogP contribution in [0.2, 0.25) is 0 Å². The molecule has 5 nitrogen and oxygen atoms in total. The van der Waals surface area contributed by atoms with E-state index in [2.05, 4.69) is 4.74 Å². The van der Waals surface area contributed by atoms with Crippen LogP contribution >= 0.6 is 45.2 Å². The van der Waals surface area contributed by atoms with Crippen LogP contribution in [0.3, 0.4) is 0 Å². The van der Waals surface area contributed by atoms with Crippen LogP contribution in [0.5, 0.6) is 5.75 Å². The van der Waals surface area contributed by atoms with Crippen LogP contribution in [0, 0.1) is 7.14 Å². The summed E-state index contributed by atoms with van der Waals surface area (Å²) in [5.41, 5.74) is 0.319. The summed E-state index contributed by atoms with van der Waals surface area (Å²) < 4.78 is 41.5. The average molecular weight is 514 g/mol. The van der Waals surface area contributed by atoms with Crippen molar-refractivity contribution in [2.24, 2.45) is 0 Å². The third-order valence-electron chi connectivity index (χ3n) is 2.06. The molecule has 0 aliphatic carbocycles. The summed E-state index contributed by atoms with van der Waals surface area (Å²) in [4.78, 5) is 10.3. The Morgan fingerprint density at radius 2 is 2.05 bits per heavy atom. The first kappa shape index (κ1) is 17.8. The van der Waals surface area contributed by atoms with Crippen molar-refractivity contribution in [1.29, 1.82) is 0 Å². The number of halogens is 4. The van der Waals surface area contributed by atoms with Crippen LogP contribution in [0.15, 0.2) is 12.1 Å². The molecular formula is C11H10F2I2O5. The third kappa shape index (κ3) is 4.93. The minimum absolute atomic E-state index is 0.0566. The molecule has 0 amide bonds. The van der Waals surface area contributed by atoms with E-state index in [0.717, 1.165) is 3.57 Å². The van der Waals surface area contributed by atoms with E-state index < -0.39 is 18.7 Å². The second-order valence-electron chi connectivity index (χ2n) is 3.54. The van der Waals surface area contributed by atoms with Crippen molar-refractivity contribution < 1.29 is 32.9 Å². The highest BCUT2D eigenvalue weighted by atomic mass is 127. The monoisotopic (exact) mass is 514 g/mol. The Bertz CT molecular complexity index is 496. The van der Waals surface area contributed by atoms with E-state index in [1.807, 2.05) is 45.2 Å². The van der Waals surface area contributed by atoms with Gasteiger partial charge in [-0.25, -0.2) is 4.79 Å². The number of ether oxygens (including phenoxy) is 3. The largest absolute Gasteiger partial charge is 0.475 e. The van der Waals surface area contributed by atoms with E-state index in [0.29, 0.717) is 14.9 Å². The first-order valence-corrected chi connectivity index (χ1v) is 7.28. The summed E-state index contributed by atoms with van der Waals surface area (Å²) >= 11 is 3.99. The SMILES string of the molecule is COCOc1c(I)cc(I)cc1COC(F)(F)C(=O)O. The van der Waals surface area contributed by atoms with Crippen molar-refractivity contribution in [3.63, 3.8) is 0 Å². The van der Waals surface area contributed by atoms with Crippen LogP contribution in [-0.2, 0) is 20.9 Å². The molecule has 0 fully saturated rings. The summed E-state index contributed by atoms with van der Waals surface area (Å²) in [5.74, 6) is -2.01. The van der Waals surface area contributed by atoms with Gasteiger partial charge in [0.1, 0.15) is 5.75 Å². The zero-order valence-corrected chi connectivity index (χ0v) is 14.5. The average Bonchev–Trinajstić information content (AvgIpc) is 2.34. The highest BCUT2D eigenvalue weighted by molar-refractivity contribution is 14.1. The molecule has 9 heteroatoms. The maximum Gasteiger partial charge on any atom is 0.456 e. The zero-order chi connectivity index (χ0) is 15.3. The molecule has 0 heterocycles. The molecule has 1 aromatic carbocycles. The Hall–Kier alpha value is -0.270. The first-order valence-electron chi connectivity index (χ1n) is 5.12. The fourth-order valence-corrected chi connectivity index (χ4v) is 3.35. The molecule has 20 heavy (non-hydrogen) atoms. The van der Waals surface area contributed by atoms with Gasteiger partial charge in [-0.1, -0.05) is 0 Å². The molecule has 0 aliphatic heterocycles. The molecular weight excluding hydrogens is 504 g/mol. The number of carboxylic acids is 1. The van der Waals surface area contributed by atoms with Crippen molar-refractivity contribution >= 4 is 51.2 Å². The van der Waals surface area contributed by atoms with Gasteiger partial charge in [0.05, 0.1) is 10.2 Å². The van der Waals surface area contributed by atoms with E-state index in [1.165, 1.54) is 7.11 Å². The third-order valence-corrected chi connectivity index (χ3v) is 3.49. The fourth-order valence-electron chi connectivity index (χ4n) is 1.23. The predicted molar refractivity (Wildman–Crippen MR) is 81.8 cm³/mol. The summed E-state index contributed by atoms with van der Waals surface area (Å²) in [6.07, 6.45) is -4.24. The number of benzene rings is 1. The minimum Gasteiger partial charge on any atom is -0.475 e. The van der Waals surface area contributed by atoms with E-state index in [9.17, 15) is 13.6 Å². The molecule has 0 aromatic heterocycles. The molecule has 1 aromatic rings. The zero-order valence-electron chi connectivity index (χ0n) is 10.2. The Morgan fingerprint density at radius 3 is 2.60 bits per heavy atom. The van der Waals surface area contributed by atoms with Gasteiger partial charge in [-0.3, -0.25) is 0 Å². The van der Waals surface area contributed by atoms with Gasteiger partial charge in [-0.2, -0.15) is 8.78 Å². The lowest BCUT2D eigenvalue weighted by molar-refractivity contribution is -0.250. The number of carboxylic acid groups (broad SMARTS) is 1. The molecule has 0 saturated carbocycles. The quantitative estimate of drug-likeness (QED) is 0.448. The number of aliphatic carboxylic acids is 1. The van der Waals surface area contributed by atoms with Crippen LogP contribution < -0.4 is 4.74 Å². The topological polar surface area (TPSA) is 65.0 Å². The predicted octanol–water partition coefficient (Wildman–Crippen LogP) is 3.07. The summed E-state index contributed by atoms with van der Waals surface area (Å²) in [6, 6.07) is 3.36. The Balaban J connectivity index is 2.95. The smallest absolute Gasteiger partial charge is 0.456 e. The van der Waals surface area contributed by atoms with Gasteiger partial charge in [0.15, 0.2) is 6.79 Å². The van der Waals surface area contributed by atoms with Crippen LogP contribution in [0.1, 0.15) is 5.56 Å². The molecule has 0 aliphatic rings. The molecule has 1 rings (SSSR count). The van der Waals surface area contributed by atoms with Gasteiger partial charge < -0.3 is 19.3 Å². The summed E-state index contributed by atoms with van der Waals surface area (Å²) in [5, 5.41) is 8.31. The highest BCUT2D eigenvalue weighted by Gasteiger charge is 2.40.